The molecule has 0 aromatic heterocycles. The van der Waals surface area contributed by atoms with E-state index in [2.05, 4.69) is 5.32 Å². The van der Waals surface area contributed by atoms with E-state index in [-0.39, 0.29) is 6.03 Å². The van der Waals surface area contributed by atoms with Crippen molar-refractivity contribution in [1.82, 2.24) is 15.1 Å². The number of carboxylic acids is 1. The van der Waals surface area contributed by atoms with E-state index in [4.69, 9.17) is 5.11 Å². The molecule has 7 heteroatoms. The molecule has 2 saturated heterocycles. The van der Waals surface area contributed by atoms with Crippen molar-refractivity contribution in [1.29, 1.82) is 0 Å². The number of nitrogens with zero attached hydrogens (tertiary/aromatic N) is 2. The van der Waals surface area contributed by atoms with Gasteiger partial charge in [0.25, 0.3) is 0 Å². The summed E-state index contributed by atoms with van der Waals surface area (Å²) in [6.07, 6.45) is 0. The largest absolute Gasteiger partial charge is 0.480 e. The lowest BCUT2D eigenvalue weighted by Gasteiger charge is -2.38. The topological polar surface area (TPSA) is 72.9 Å². The first-order valence-corrected chi connectivity index (χ1v) is 6.92. The fourth-order valence-electron chi connectivity index (χ4n) is 2.07. The zero-order chi connectivity index (χ0) is 12.3. The van der Waals surface area contributed by atoms with E-state index in [1.165, 1.54) is 4.90 Å². The molecule has 1 unspecified atom stereocenters. The van der Waals surface area contributed by atoms with Crippen molar-refractivity contribution in [3.63, 3.8) is 0 Å². The van der Waals surface area contributed by atoms with Crippen molar-refractivity contribution in [2.45, 2.75) is 6.04 Å². The van der Waals surface area contributed by atoms with E-state index < -0.39 is 12.0 Å². The Balaban J connectivity index is 2.02. The summed E-state index contributed by atoms with van der Waals surface area (Å²) in [6, 6.07) is -0.796. The third-order valence-corrected chi connectivity index (χ3v) is 4.07. The van der Waals surface area contributed by atoms with Gasteiger partial charge >= 0.3 is 12.0 Å². The van der Waals surface area contributed by atoms with Crippen molar-refractivity contribution in [2.75, 3.05) is 44.2 Å². The van der Waals surface area contributed by atoms with Gasteiger partial charge < -0.3 is 20.2 Å². The second-order valence-electron chi connectivity index (χ2n) is 4.14. The Morgan fingerprint density at radius 3 is 2.59 bits per heavy atom. The van der Waals surface area contributed by atoms with Crippen LogP contribution in [0.25, 0.3) is 0 Å². The summed E-state index contributed by atoms with van der Waals surface area (Å²) >= 11 is 1.59. The van der Waals surface area contributed by atoms with Crippen molar-refractivity contribution in [3.8, 4) is 0 Å². The number of carbonyl (C=O) groups excluding carboxylic acids is 1. The summed E-state index contributed by atoms with van der Waals surface area (Å²) in [4.78, 5) is 26.6. The third-order valence-electron chi connectivity index (χ3n) is 3.05. The highest BCUT2D eigenvalue weighted by Crippen LogP contribution is 2.18. The number of urea groups is 1. The van der Waals surface area contributed by atoms with Gasteiger partial charge in [-0.3, -0.25) is 0 Å². The molecule has 2 N–H and O–H groups in total. The van der Waals surface area contributed by atoms with Crippen LogP contribution in [0.4, 0.5) is 4.79 Å². The second kappa shape index (κ2) is 5.59. The molecule has 0 radical (unpaired) electrons. The summed E-state index contributed by atoms with van der Waals surface area (Å²) in [5.74, 6) is 0.412. The average molecular weight is 259 g/mol. The highest BCUT2D eigenvalue weighted by Gasteiger charge is 2.34. The second-order valence-corrected chi connectivity index (χ2v) is 5.29. The molecule has 0 bridgehead atoms. The molecule has 2 amide bonds. The van der Waals surface area contributed by atoms with Crippen LogP contribution in [0.2, 0.25) is 0 Å². The highest BCUT2D eigenvalue weighted by molar-refractivity contribution is 7.99. The van der Waals surface area contributed by atoms with Crippen molar-refractivity contribution in [3.05, 3.63) is 0 Å². The van der Waals surface area contributed by atoms with E-state index in [1.54, 1.807) is 16.7 Å². The molecule has 17 heavy (non-hydrogen) atoms. The number of amides is 2. The quantitative estimate of drug-likeness (QED) is 0.665. The monoisotopic (exact) mass is 259 g/mol. The van der Waals surface area contributed by atoms with Crippen LogP contribution in [0.15, 0.2) is 0 Å². The van der Waals surface area contributed by atoms with Crippen LogP contribution in [0.5, 0.6) is 0 Å². The lowest BCUT2D eigenvalue weighted by Crippen LogP contribution is -2.58. The number of nitrogens with one attached hydrogen (secondary N) is 1. The molecule has 96 valence electrons. The highest BCUT2D eigenvalue weighted by atomic mass is 32.2. The Bertz CT molecular complexity index is 307. The first-order chi connectivity index (χ1) is 8.20. The maximum absolute atomic E-state index is 12.2. The van der Waals surface area contributed by atoms with Crippen molar-refractivity contribution in [2.24, 2.45) is 0 Å². The van der Waals surface area contributed by atoms with E-state index in [1.807, 2.05) is 0 Å². The average Bonchev–Trinajstić information content (AvgIpc) is 2.39. The molecule has 2 rings (SSSR count). The van der Waals surface area contributed by atoms with Gasteiger partial charge in [0.1, 0.15) is 6.04 Å². The van der Waals surface area contributed by atoms with Crippen LogP contribution >= 0.6 is 11.8 Å². The molecule has 2 heterocycles. The molecular weight excluding hydrogens is 242 g/mol. The summed E-state index contributed by atoms with van der Waals surface area (Å²) in [5, 5.41) is 12.3. The van der Waals surface area contributed by atoms with E-state index in [9.17, 15) is 9.59 Å². The molecule has 1 atom stereocenters. The number of rotatable bonds is 1. The number of hydrogen-bond donors (Lipinski definition) is 2. The van der Waals surface area contributed by atoms with Gasteiger partial charge in [-0.2, -0.15) is 11.8 Å². The molecule has 0 aromatic carbocycles. The van der Waals surface area contributed by atoms with Gasteiger partial charge in [0.15, 0.2) is 0 Å². The smallest absolute Gasteiger partial charge is 0.327 e. The Morgan fingerprint density at radius 1 is 1.24 bits per heavy atom. The van der Waals surface area contributed by atoms with Crippen LogP contribution in [0.1, 0.15) is 0 Å². The summed E-state index contributed by atoms with van der Waals surface area (Å²) in [6.45, 7) is 3.42. The molecule has 0 aliphatic carbocycles. The minimum Gasteiger partial charge on any atom is -0.480 e. The third kappa shape index (κ3) is 2.84. The number of hydrogen-bond acceptors (Lipinski definition) is 4. The zero-order valence-corrected chi connectivity index (χ0v) is 10.4. The standard InChI is InChI=1S/C10H17N3O3S/c14-9(15)8-7-17-6-5-13(8)10(16)12-3-1-11-2-4-12/h8,11H,1-7H2,(H,14,15). The molecule has 0 saturated carbocycles. The predicted molar refractivity (Wildman–Crippen MR) is 65.3 cm³/mol. The number of thioether (sulfide) groups is 1. The van der Waals surface area contributed by atoms with Gasteiger partial charge in [-0.15, -0.1) is 0 Å². The SMILES string of the molecule is O=C(O)C1CSCCN1C(=O)N1CCNCC1. The molecule has 2 aliphatic rings. The van der Waals surface area contributed by atoms with E-state index in [0.717, 1.165) is 18.8 Å². The van der Waals surface area contributed by atoms with Gasteiger partial charge in [0.2, 0.25) is 0 Å². The lowest BCUT2D eigenvalue weighted by atomic mass is 10.2. The van der Waals surface area contributed by atoms with E-state index in [0.29, 0.717) is 25.4 Å². The van der Waals surface area contributed by atoms with Gasteiger partial charge in [0.05, 0.1) is 0 Å². The summed E-state index contributed by atoms with van der Waals surface area (Å²) in [5.41, 5.74) is 0. The molecule has 2 aliphatic heterocycles. The maximum atomic E-state index is 12.2. The predicted octanol–water partition coefficient (Wildman–Crippen LogP) is -0.486. The van der Waals surface area contributed by atoms with E-state index >= 15 is 0 Å². The van der Waals surface area contributed by atoms with Crippen molar-refractivity contribution >= 4 is 23.8 Å². The van der Waals surface area contributed by atoms with Gasteiger partial charge in [0, 0.05) is 44.2 Å². The fourth-order valence-corrected chi connectivity index (χ4v) is 3.11. The van der Waals surface area contributed by atoms with Gasteiger partial charge in [-0.1, -0.05) is 0 Å². The van der Waals surface area contributed by atoms with Crippen LogP contribution in [0, 0.1) is 0 Å². The minimum atomic E-state index is -0.902. The number of piperazine rings is 1. The number of carbonyl (C=O) groups is 2. The molecular formula is C10H17N3O3S. The van der Waals surface area contributed by atoms with Gasteiger partial charge in [-0.05, 0) is 0 Å². The number of aliphatic carboxylic acids is 1. The summed E-state index contributed by atoms with van der Waals surface area (Å²) < 4.78 is 0. The first-order valence-electron chi connectivity index (χ1n) is 5.77. The molecule has 2 fully saturated rings. The molecule has 0 spiro atoms. The minimum absolute atomic E-state index is 0.126. The Morgan fingerprint density at radius 2 is 1.94 bits per heavy atom. The van der Waals surface area contributed by atoms with Crippen LogP contribution in [-0.4, -0.2) is 77.2 Å². The molecule has 6 nitrogen and oxygen atoms in total. The van der Waals surface area contributed by atoms with Crippen molar-refractivity contribution < 1.29 is 14.7 Å². The van der Waals surface area contributed by atoms with Crippen LogP contribution in [0.3, 0.4) is 0 Å². The fraction of sp³-hybridized carbons (Fsp3) is 0.800. The van der Waals surface area contributed by atoms with Crippen LogP contribution in [-0.2, 0) is 4.79 Å². The molecule has 0 aromatic rings. The Labute approximate surface area is 104 Å². The normalized spacial score (nSPS) is 25.8. The van der Waals surface area contributed by atoms with Gasteiger partial charge in [-0.25, -0.2) is 9.59 Å². The maximum Gasteiger partial charge on any atom is 0.327 e. The number of carboxylic acid groups (broad SMARTS) is 1. The Kier molecular flexibility index (Phi) is 4.11. The zero-order valence-electron chi connectivity index (χ0n) is 9.59. The Hall–Kier alpha value is -0.950. The first kappa shape index (κ1) is 12.5. The summed E-state index contributed by atoms with van der Waals surface area (Å²) in [7, 11) is 0. The lowest BCUT2D eigenvalue weighted by molar-refractivity contribution is -0.141. The van der Waals surface area contributed by atoms with Crippen LogP contribution < -0.4 is 5.32 Å².